The molecule has 1 aromatic carbocycles. The molecule has 0 saturated carbocycles. The van der Waals surface area contributed by atoms with Gasteiger partial charge in [0.25, 0.3) is 0 Å². The molecule has 0 spiro atoms. The Hall–Kier alpha value is -1.88. The van der Waals surface area contributed by atoms with Crippen molar-refractivity contribution in [3.05, 3.63) is 42.1 Å². The Morgan fingerprint density at radius 2 is 2.00 bits per heavy atom. The van der Waals surface area contributed by atoms with Gasteiger partial charge < -0.3 is 10.1 Å². The van der Waals surface area contributed by atoms with Crippen molar-refractivity contribution in [3.8, 4) is 0 Å². The van der Waals surface area contributed by atoms with Crippen LogP contribution in [0.1, 0.15) is 31.1 Å². The summed E-state index contributed by atoms with van der Waals surface area (Å²) in [4.78, 5) is 13.5. The van der Waals surface area contributed by atoms with Crippen LogP contribution in [-0.2, 0) is 4.74 Å². The second kappa shape index (κ2) is 5.63. The average molecular weight is 290 g/mol. The highest BCUT2D eigenvalue weighted by atomic mass is 32.1. The average Bonchev–Trinajstić information content (AvgIpc) is 2.38. The van der Waals surface area contributed by atoms with E-state index >= 15 is 0 Å². The van der Waals surface area contributed by atoms with Crippen LogP contribution in [0.5, 0.6) is 0 Å². The van der Waals surface area contributed by atoms with E-state index in [1.807, 2.05) is 29.3 Å². The molecule has 20 heavy (non-hydrogen) atoms. The lowest BCUT2D eigenvalue weighted by Gasteiger charge is -2.34. The summed E-state index contributed by atoms with van der Waals surface area (Å²) in [5, 5.41) is 3.88. The molecular weight excluding hydrogens is 272 g/mol. The van der Waals surface area contributed by atoms with Gasteiger partial charge >= 0.3 is 5.97 Å². The van der Waals surface area contributed by atoms with Gasteiger partial charge in [0.05, 0.1) is 17.7 Å². The van der Waals surface area contributed by atoms with Crippen LogP contribution in [0.2, 0.25) is 0 Å². The minimum absolute atomic E-state index is 0.140. The number of thiocarbonyl (C=S) groups is 1. The molecule has 2 rings (SSSR count). The summed E-state index contributed by atoms with van der Waals surface area (Å²) in [6.07, 6.45) is 3.99. The second-order valence-electron chi connectivity index (χ2n) is 5.10. The monoisotopic (exact) mass is 290 g/mol. The molecule has 0 unspecified atom stereocenters. The maximum Gasteiger partial charge on any atom is 0.338 e. The summed E-state index contributed by atoms with van der Waals surface area (Å²) < 4.78 is 4.96. The summed E-state index contributed by atoms with van der Waals surface area (Å²) in [6.45, 7) is 6.27. The molecule has 1 aliphatic heterocycles. The quantitative estimate of drug-likeness (QED) is 0.685. The van der Waals surface area contributed by atoms with Crippen LogP contribution < -0.4 is 10.2 Å². The zero-order valence-electron chi connectivity index (χ0n) is 11.8. The first-order valence-electron chi connectivity index (χ1n) is 6.51. The van der Waals surface area contributed by atoms with Gasteiger partial charge in [0, 0.05) is 11.9 Å². The number of anilines is 1. The molecule has 0 amide bonds. The van der Waals surface area contributed by atoms with E-state index in [1.54, 1.807) is 19.1 Å². The number of benzene rings is 1. The van der Waals surface area contributed by atoms with Crippen LogP contribution >= 0.6 is 12.2 Å². The normalized spacial score (nSPS) is 16.8. The van der Waals surface area contributed by atoms with E-state index in [9.17, 15) is 4.79 Å². The number of hydrogen-bond donors (Lipinski definition) is 1. The predicted molar refractivity (Wildman–Crippen MR) is 83.8 cm³/mol. The molecule has 0 aromatic heterocycles. The Morgan fingerprint density at radius 3 is 2.55 bits per heavy atom. The number of esters is 1. The van der Waals surface area contributed by atoms with Crippen molar-refractivity contribution in [1.29, 1.82) is 0 Å². The van der Waals surface area contributed by atoms with Gasteiger partial charge in [-0.25, -0.2) is 4.79 Å². The first kappa shape index (κ1) is 14.5. The van der Waals surface area contributed by atoms with Crippen molar-refractivity contribution < 1.29 is 9.53 Å². The van der Waals surface area contributed by atoms with Gasteiger partial charge in [-0.2, -0.15) is 0 Å². The first-order valence-corrected chi connectivity index (χ1v) is 6.92. The van der Waals surface area contributed by atoms with Gasteiger partial charge in [-0.05, 0) is 63.3 Å². The van der Waals surface area contributed by atoms with Gasteiger partial charge in [-0.1, -0.05) is 0 Å². The molecule has 1 heterocycles. The summed E-state index contributed by atoms with van der Waals surface area (Å²) in [6, 6.07) is 7.18. The Kier molecular flexibility index (Phi) is 4.09. The van der Waals surface area contributed by atoms with Crippen LogP contribution in [0.3, 0.4) is 0 Å². The predicted octanol–water partition coefficient (Wildman–Crippen LogP) is 2.85. The Morgan fingerprint density at radius 1 is 1.35 bits per heavy atom. The largest absolute Gasteiger partial charge is 0.462 e. The van der Waals surface area contributed by atoms with E-state index in [2.05, 4.69) is 19.2 Å². The molecule has 0 atom stereocenters. The Bertz CT molecular complexity index is 549. The van der Waals surface area contributed by atoms with E-state index in [-0.39, 0.29) is 11.5 Å². The molecule has 0 bridgehead atoms. The highest BCUT2D eigenvalue weighted by Gasteiger charge is 2.23. The maximum absolute atomic E-state index is 11.6. The highest BCUT2D eigenvalue weighted by molar-refractivity contribution is 7.80. The molecule has 1 aromatic rings. The van der Waals surface area contributed by atoms with Gasteiger partial charge in [0.1, 0.15) is 0 Å². The third kappa shape index (κ3) is 3.17. The summed E-state index contributed by atoms with van der Waals surface area (Å²) in [7, 11) is 0. The zero-order chi connectivity index (χ0) is 14.8. The van der Waals surface area contributed by atoms with E-state index in [1.165, 1.54) is 0 Å². The smallest absolute Gasteiger partial charge is 0.338 e. The molecule has 0 saturated heterocycles. The number of carbonyl (C=O) groups excluding carboxylic acids is 1. The van der Waals surface area contributed by atoms with Crippen molar-refractivity contribution in [3.63, 3.8) is 0 Å². The van der Waals surface area contributed by atoms with Crippen LogP contribution in [0, 0.1) is 0 Å². The minimum Gasteiger partial charge on any atom is -0.462 e. The minimum atomic E-state index is -0.310. The zero-order valence-corrected chi connectivity index (χ0v) is 12.7. The number of nitrogens with zero attached hydrogens (tertiary/aromatic N) is 1. The highest BCUT2D eigenvalue weighted by Crippen LogP contribution is 2.21. The molecular formula is C15H18N2O2S. The van der Waals surface area contributed by atoms with Crippen LogP contribution in [0.15, 0.2) is 36.5 Å². The van der Waals surface area contributed by atoms with Crippen molar-refractivity contribution in [1.82, 2.24) is 5.32 Å². The summed E-state index contributed by atoms with van der Waals surface area (Å²) in [5.41, 5.74) is 1.30. The van der Waals surface area contributed by atoms with Crippen molar-refractivity contribution in [2.45, 2.75) is 26.3 Å². The number of nitrogens with one attached hydrogen (secondary N) is 1. The SMILES string of the molecule is CCOC(=O)c1ccc(N2C=CC(C)(C)NC2=S)cc1. The van der Waals surface area contributed by atoms with Crippen LogP contribution in [0.25, 0.3) is 0 Å². The topological polar surface area (TPSA) is 41.6 Å². The van der Waals surface area contributed by atoms with Gasteiger partial charge in [0.15, 0.2) is 5.11 Å². The second-order valence-corrected chi connectivity index (χ2v) is 5.49. The third-order valence-electron chi connectivity index (χ3n) is 2.94. The molecule has 0 radical (unpaired) electrons. The summed E-state index contributed by atoms with van der Waals surface area (Å²) in [5.74, 6) is -0.310. The van der Waals surface area contributed by atoms with E-state index in [0.717, 1.165) is 5.69 Å². The van der Waals surface area contributed by atoms with Gasteiger partial charge in [-0.3, -0.25) is 4.90 Å². The van der Waals surface area contributed by atoms with E-state index in [4.69, 9.17) is 17.0 Å². The fourth-order valence-corrected chi connectivity index (χ4v) is 2.31. The van der Waals surface area contributed by atoms with Crippen molar-refractivity contribution in [2.75, 3.05) is 11.5 Å². The van der Waals surface area contributed by atoms with Crippen molar-refractivity contribution in [2.24, 2.45) is 0 Å². The number of hydrogen-bond acceptors (Lipinski definition) is 3. The van der Waals surface area contributed by atoms with Crippen LogP contribution in [-0.4, -0.2) is 23.2 Å². The van der Waals surface area contributed by atoms with Crippen molar-refractivity contribution >= 4 is 29.0 Å². The fourth-order valence-electron chi connectivity index (χ4n) is 1.88. The number of carbonyl (C=O) groups is 1. The fraction of sp³-hybridized carbons (Fsp3) is 0.333. The van der Waals surface area contributed by atoms with E-state index in [0.29, 0.717) is 17.3 Å². The molecule has 0 fully saturated rings. The van der Waals surface area contributed by atoms with E-state index < -0.39 is 0 Å². The standard InChI is InChI=1S/C15H18N2O2S/c1-4-19-13(18)11-5-7-12(8-6-11)17-10-9-15(2,3)16-14(17)20/h5-10H,4H2,1-3H3,(H,16,20). The van der Waals surface area contributed by atoms with Gasteiger partial charge in [0.2, 0.25) is 0 Å². The summed E-state index contributed by atoms with van der Waals surface area (Å²) >= 11 is 5.36. The Balaban J connectivity index is 2.19. The Labute approximate surface area is 124 Å². The first-order chi connectivity index (χ1) is 9.43. The molecule has 4 nitrogen and oxygen atoms in total. The number of ether oxygens (including phenoxy) is 1. The van der Waals surface area contributed by atoms with Crippen LogP contribution in [0.4, 0.5) is 5.69 Å². The molecule has 1 N–H and O–H groups in total. The molecule has 5 heteroatoms. The van der Waals surface area contributed by atoms with Gasteiger partial charge in [-0.15, -0.1) is 0 Å². The molecule has 0 aliphatic carbocycles. The lowest BCUT2D eigenvalue weighted by molar-refractivity contribution is 0.0526. The third-order valence-corrected chi connectivity index (χ3v) is 3.24. The molecule has 1 aliphatic rings. The number of rotatable bonds is 3. The lowest BCUT2D eigenvalue weighted by Crippen LogP contribution is -2.51. The maximum atomic E-state index is 11.6. The molecule has 106 valence electrons. The lowest BCUT2D eigenvalue weighted by atomic mass is 10.0.